The van der Waals surface area contributed by atoms with Crippen molar-refractivity contribution in [3.63, 3.8) is 0 Å². The molecule has 0 radical (unpaired) electrons. The average molecular weight is 315 g/mol. The zero-order valence-electron chi connectivity index (χ0n) is 8.59. The van der Waals surface area contributed by atoms with Gasteiger partial charge in [-0.15, -0.1) is 0 Å². The quantitative estimate of drug-likeness (QED) is 0.362. The standard InChI is InChI=1S/C8H14INO4/c1-8(2,3)14-7(12)10-5(9)6(11)13-4/h5H,1-4H3,(H,10,12)/t5-/m0/s1. The zero-order chi connectivity index (χ0) is 11.4. The van der Waals surface area contributed by atoms with E-state index in [0.29, 0.717) is 0 Å². The molecule has 6 heteroatoms. The van der Waals surface area contributed by atoms with Crippen molar-refractivity contribution in [2.75, 3.05) is 7.11 Å². The first-order valence-electron chi connectivity index (χ1n) is 3.97. The van der Waals surface area contributed by atoms with Crippen molar-refractivity contribution in [2.45, 2.75) is 30.4 Å². The molecule has 0 aromatic heterocycles. The Morgan fingerprint density at radius 1 is 1.36 bits per heavy atom. The number of carbonyl (C=O) groups excluding carboxylic acids is 2. The Balaban J connectivity index is 4.01. The Morgan fingerprint density at radius 3 is 2.21 bits per heavy atom. The van der Waals surface area contributed by atoms with Gasteiger partial charge in [0.15, 0.2) is 4.05 Å². The van der Waals surface area contributed by atoms with Crippen LogP contribution in [0.5, 0.6) is 0 Å². The van der Waals surface area contributed by atoms with Gasteiger partial charge in [0.1, 0.15) is 5.60 Å². The molecule has 0 unspecified atom stereocenters. The van der Waals surface area contributed by atoms with Crippen LogP contribution in [0, 0.1) is 0 Å². The highest BCUT2D eigenvalue weighted by Crippen LogP contribution is 2.08. The number of alkyl carbamates (subject to hydrolysis) is 1. The van der Waals surface area contributed by atoms with Crippen molar-refractivity contribution in [3.05, 3.63) is 0 Å². The fourth-order valence-electron chi connectivity index (χ4n) is 0.573. The highest BCUT2D eigenvalue weighted by atomic mass is 127. The highest BCUT2D eigenvalue weighted by Gasteiger charge is 2.22. The van der Waals surface area contributed by atoms with E-state index in [1.54, 1.807) is 43.4 Å². The van der Waals surface area contributed by atoms with Crippen molar-refractivity contribution >= 4 is 34.7 Å². The number of esters is 1. The molecule has 14 heavy (non-hydrogen) atoms. The lowest BCUT2D eigenvalue weighted by Crippen LogP contribution is -2.40. The first-order chi connectivity index (χ1) is 6.26. The molecule has 1 N–H and O–H groups in total. The molecule has 5 nitrogen and oxygen atoms in total. The van der Waals surface area contributed by atoms with E-state index in [9.17, 15) is 9.59 Å². The number of hydrogen-bond acceptors (Lipinski definition) is 4. The number of carbonyl (C=O) groups is 2. The Morgan fingerprint density at radius 2 is 1.86 bits per heavy atom. The third-order valence-corrected chi connectivity index (χ3v) is 1.87. The van der Waals surface area contributed by atoms with Crippen molar-refractivity contribution in [3.8, 4) is 0 Å². The van der Waals surface area contributed by atoms with Crippen molar-refractivity contribution in [1.82, 2.24) is 5.32 Å². The lowest BCUT2D eigenvalue weighted by molar-refractivity contribution is -0.140. The maximum Gasteiger partial charge on any atom is 0.408 e. The summed E-state index contributed by atoms with van der Waals surface area (Å²) in [4.78, 5) is 22.1. The smallest absolute Gasteiger partial charge is 0.408 e. The molecule has 0 rings (SSSR count). The van der Waals surface area contributed by atoms with E-state index in [1.807, 2.05) is 0 Å². The first-order valence-corrected chi connectivity index (χ1v) is 5.22. The van der Waals surface area contributed by atoms with Crippen LogP contribution in [0.2, 0.25) is 0 Å². The minimum atomic E-state index is -0.729. The summed E-state index contributed by atoms with van der Waals surface area (Å²) in [6.45, 7) is 5.23. The van der Waals surface area contributed by atoms with Gasteiger partial charge < -0.3 is 9.47 Å². The van der Waals surface area contributed by atoms with Gasteiger partial charge >= 0.3 is 12.1 Å². The number of nitrogens with one attached hydrogen (secondary N) is 1. The van der Waals surface area contributed by atoms with E-state index < -0.39 is 21.7 Å². The lowest BCUT2D eigenvalue weighted by Gasteiger charge is -2.20. The van der Waals surface area contributed by atoms with Gasteiger partial charge in [0.05, 0.1) is 7.11 Å². The fraction of sp³-hybridized carbons (Fsp3) is 0.750. The van der Waals surface area contributed by atoms with E-state index in [1.165, 1.54) is 7.11 Å². The van der Waals surface area contributed by atoms with E-state index in [-0.39, 0.29) is 0 Å². The number of ether oxygens (including phenoxy) is 2. The lowest BCUT2D eigenvalue weighted by atomic mass is 10.2. The number of rotatable bonds is 2. The first kappa shape index (κ1) is 13.5. The van der Waals surface area contributed by atoms with Gasteiger partial charge in [0.2, 0.25) is 0 Å². The molecular weight excluding hydrogens is 301 g/mol. The maximum absolute atomic E-state index is 11.1. The molecule has 0 fully saturated rings. The van der Waals surface area contributed by atoms with Crippen LogP contribution in [0.3, 0.4) is 0 Å². The Hall–Kier alpha value is -0.530. The fourth-order valence-corrected chi connectivity index (χ4v) is 1.08. The molecule has 0 bridgehead atoms. The summed E-state index contributed by atoms with van der Waals surface area (Å²) in [5, 5.41) is 2.34. The molecule has 0 spiro atoms. The highest BCUT2D eigenvalue weighted by molar-refractivity contribution is 14.1. The number of methoxy groups -OCH3 is 1. The minimum absolute atomic E-state index is 0.517. The second-order valence-electron chi connectivity index (χ2n) is 3.53. The summed E-state index contributed by atoms with van der Waals surface area (Å²) in [5.74, 6) is -0.517. The van der Waals surface area contributed by atoms with Crippen molar-refractivity contribution in [2.24, 2.45) is 0 Å². The van der Waals surface area contributed by atoms with Crippen LogP contribution < -0.4 is 5.32 Å². The van der Waals surface area contributed by atoms with Crippen LogP contribution in [0.15, 0.2) is 0 Å². The van der Waals surface area contributed by atoms with Gasteiger partial charge in [0.25, 0.3) is 0 Å². The van der Waals surface area contributed by atoms with Crippen molar-refractivity contribution < 1.29 is 19.1 Å². The Labute approximate surface area is 96.7 Å². The maximum atomic E-state index is 11.1. The Kier molecular flexibility index (Phi) is 5.17. The predicted octanol–water partition coefficient (Wildman–Crippen LogP) is 1.45. The van der Waals surface area contributed by atoms with E-state index >= 15 is 0 Å². The molecular formula is C8H14INO4. The molecule has 1 atom stereocenters. The van der Waals surface area contributed by atoms with Gasteiger partial charge in [-0.1, -0.05) is 0 Å². The molecule has 0 heterocycles. The molecule has 0 aromatic carbocycles. The van der Waals surface area contributed by atoms with Gasteiger partial charge in [-0.2, -0.15) is 0 Å². The molecule has 1 amide bonds. The molecule has 0 aromatic rings. The predicted molar refractivity (Wildman–Crippen MR) is 59.2 cm³/mol. The van der Waals surface area contributed by atoms with Crippen LogP contribution in [0.25, 0.3) is 0 Å². The van der Waals surface area contributed by atoms with Crippen LogP contribution in [-0.2, 0) is 14.3 Å². The van der Waals surface area contributed by atoms with Crippen molar-refractivity contribution in [1.29, 1.82) is 0 Å². The van der Waals surface area contributed by atoms with Crippen LogP contribution in [0.4, 0.5) is 4.79 Å². The largest absolute Gasteiger partial charge is 0.467 e. The normalized spacial score (nSPS) is 12.9. The molecule has 0 aliphatic heterocycles. The summed E-state index contributed by atoms with van der Waals surface area (Å²) in [6.07, 6.45) is -0.637. The summed E-state index contributed by atoms with van der Waals surface area (Å²) >= 11 is 1.75. The Bertz CT molecular complexity index is 224. The molecule has 0 saturated heterocycles. The molecule has 0 saturated carbocycles. The summed E-state index contributed by atoms with van der Waals surface area (Å²) in [7, 11) is 1.25. The second kappa shape index (κ2) is 5.38. The van der Waals surface area contributed by atoms with E-state index in [2.05, 4.69) is 10.1 Å². The summed E-state index contributed by atoms with van der Waals surface area (Å²) in [6, 6.07) is 0. The second-order valence-corrected chi connectivity index (χ2v) is 4.78. The molecule has 0 aliphatic rings. The van der Waals surface area contributed by atoms with Gasteiger partial charge in [-0.3, -0.25) is 5.32 Å². The monoisotopic (exact) mass is 315 g/mol. The van der Waals surface area contributed by atoms with Crippen LogP contribution in [-0.4, -0.2) is 28.8 Å². The van der Waals surface area contributed by atoms with E-state index in [4.69, 9.17) is 4.74 Å². The molecule has 82 valence electrons. The number of alkyl halides is 1. The van der Waals surface area contributed by atoms with Crippen LogP contribution in [0.1, 0.15) is 20.8 Å². The number of halogens is 1. The number of amides is 1. The summed E-state index contributed by atoms with van der Waals surface area (Å²) in [5.41, 5.74) is -0.573. The van der Waals surface area contributed by atoms with Gasteiger partial charge in [-0.05, 0) is 43.4 Å². The van der Waals surface area contributed by atoms with Crippen LogP contribution >= 0.6 is 22.6 Å². The third-order valence-electron chi connectivity index (χ3n) is 1.05. The number of hydrogen-bond donors (Lipinski definition) is 1. The third kappa shape index (κ3) is 6.01. The van der Waals surface area contributed by atoms with Gasteiger partial charge in [0, 0.05) is 0 Å². The SMILES string of the molecule is COC(=O)[C@@H](I)NC(=O)OC(C)(C)C. The molecule has 0 aliphatic carbocycles. The van der Waals surface area contributed by atoms with Gasteiger partial charge in [-0.25, -0.2) is 9.59 Å². The van der Waals surface area contributed by atoms with E-state index in [0.717, 1.165) is 0 Å². The topological polar surface area (TPSA) is 64.6 Å². The zero-order valence-corrected chi connectivity index (χ0v) is 10.7. The average Bonchev–Trinajstić information content (AvgIpc) is 1.99. The minimum Gasteiger partial charge on any atom is -0.467 e. The summed E-state index contributed by atoms with van der Waals surface area (Å²) < 4.78 is 8.64.